The average molecular weight is 400 g/mol. The number of rotatable bonds is 5. The van der Waals surface area contributed by atoms with Crippen LogP contribution in [0.25, 0.3) is 0 Å². The smallest absolute Gasteiger partial charge is 0.333 e. The number of aromatic nitrogens is 3. The molecule has 9 heteroatoms. The fourth-order valence-corrected chi connectivity index (χ4v) is 3.38. The summed E-state index contributed by atoms with van der Waals surface area (Å²) in [6, 6.07) is 9.57. The summed E-state index contributed by atoms with van der Waals surface area (Å²) in [4.78, 5) is 14.8. The fraction of sp³-hybridized carbons (Fsp3) is 0.500. The lowest BCUT2D eigenvalue weighted by atomic mass is 10.0. The highest BCUT2D eigenvalue weighted by Crippen LogP contribution is 2.32. The van der Waals surface area contributed by atoms with E-state index in [-0.39, 0.29) is 11.1 Å². The van der Waals surface area contributed by atoms with Crippen molar-refractivity contribution in [1.82, 2.24) is 19.7 Å². The van der Waals surface area contributed by atoms with Gasteiger partial charge in [0.25, 0.3) is 0 Å². The summed E-state index contributed by atoms with van der Waals surface area (Å²) >= 11 is 0.968. The van der Waals surface area contributed by atoms with E-state index in [1.165, 1.54) is 7.05 Å². The minimum Gasteiger partial charge on any atom is -0.333 e. The monoisotopic (exact) mass is 400 g/mol. The van der Waals surface area contributed by atoms with Crippen LogP contribution in [0.2, 0.25) is 0 Å². The van der Waals surface area contributed by atoms with Crippen molar-refractivity contribution in [1.29, 1.82) is 0 Å². The van der Waals surface area contributed by atoms with E-state index >= 15 is 0 Å². The molecular formula is C18H23F3N4OS. The third kappa shape index (κ3) is 5.24. The summed E-state index contributed by atoms with van der Waals surface area (Å²) in [5.41, 5.74) is 0.537. The largest absolute Gasteiger partial charge is 0.451 e. The lowest BCUT2D eigenvalue weighted by Gasteiger charge is -2.37. The minimum atomic E-state index is -4.58. The number of thioether (sulfide) groups is 1. The molecule has 148 valence electrons. The molecule has 0 unspecified atom stereocenters. The highest BCUT2D eigenvalue weighted by molar-refractivity contribution is 8.00. The van der Waals surface area contributed by atoms with Gasteiger partial charge in [0.1, 0.15) is 0 Å². The lowest BCUT2D eigenvalue weighted by molar-refractivity contribution is -0.147. The van der Waals surface area contributed by atoms with Gasteiger partial charge in [0.15, 0.2) is 5.16 Å². The van der Waals surface area contributed by atoms with Crippen LogP contribution in [-0.4, -0.2) is 36.4 Å². The zero-order valence-corrected chi connectivity index (χ0v) is 16.7. The van der Waals surface area contributed by atoms with Crippen LogP contribution in [0.4, 0.5) is 13.2 Å². The minimum absolute atomic E-state index is 0.0525. The van der Waals surface area contributed by atoms with Gasteiger partial charge >= 0.3 is 6.18 Å². The van der Waals surface area contributed by atoms with Gasteiger partial charge in [-0.15, -0.1) is 10.2 Å². The van der Waals surface area contributed by atoms with Gasteiger partial charge in [-0.3, -0.25) is 4.79 Å². The standard InChI is InChI=1S/C18H23F3N4OS/c1-12(27-16-23-22-15(24(16)5)18(19,20)21)14(26)25(17(2,3)4)11-13-9-7-6-8-10-13/h6-10,12H,11H2,1-5H3/t12-/m0/s1. The van der Waals surface area contributed by atoms with Gasteiger partial charge in [-0.05, 0) is 33.3 Å². The van der Waals surface area contributed by atoms with Crippen molar-refractivity contribution in [3.8, 4) is 0 Å². The molecular weight excluding hydrogens is 377 g/mol. The molecule has 0 aliphatic carbocycles. The Morgan fingerprint density at radius 2 is 1.78 bits per heavy atom. The highest BCUT2D eigenvalue weighted by atomic mass is 32.2. The van der Waals surface area contributed by atoms with Gasteiger partial charge in [-0.2, -0.15) is 13.2 Å². The van der Waals surface area contributed by atoms with E-state index in [2.05, 4.69) is 10.2 Å². The van der Waals surface area contributed by atoms with E-state index < -0.39 is 22.8 Å². The van der Waals surface area contributed by atoms with Crippen LogP contribution < -0.4 is 0 Å². The molecule has 0 fully saturated rings. The lowest BCUT2D eigenvalue weighted by Crippen LogP contribution is -2.48. The van der Waals surface area contributed by atoms with E-state index in [1.807, 2.05) is 51.1 Å². The summed E-state index contributed by atoms with van der Waals surface area (Å²) in [7, 11) is 1.24. The van der Waals surface area contributed by atoms with Crippen molar-refractivity contribution in [3.63, 3.8) is 0 Å². The van der Waals surface area contributed by atoms with Gasteiger partial charge in [-0.25, -0.2) is 0 Å². The number of alkyl halides is 3. The van der Waals surface area contributed by atoms with E-state index in [0.717, 1.165) is 21.9 Å². The average Bonchev–Trinajstić information content (AvgIpc) is 2.93. The van der Waals surface area contributed by atoms with Crippen molar-refractivity contribution in [2.45, 2.75) is 56.4 Å². The number of carbonyl (C=O) groups excluding carboxylic acids is 1. The quantitative estimate of drug-likeness (QED) is 0.708. The number of carbonyl (C=O) groups is 1. The molecule has 0 spiro atoms. The van der Waals surface area contributed by atoms with Gasteiger partial charge in [-0.1, -0.05) is 42.1 Å². The molecule has 1 aromatic heterocycles. The first-order chi connectivity index (χ1) is 12.4. The van der Waals surface area contributed by atoms with E-state index in [4.69, 9.17) is 0 Å². The first-order valence-corrected chi connectivity index (χ1v) is 9.28. The molecule has 2 rings (SSSR count). The molecule has 27 heavy (non-hydrogen) atoms. The summed E-state index contributed by atoms with van der Waals surface area (Å²) in [6.07, 6.45) is -4.58. The third-order valence-corrected chi connectivity index (χ3v) is 5.10. The van der Waals surface area contributed by atoms with Crippen LogP contribution in [0.3, 0.4) is 0 Å². The molecule has 1 heterocycles. The Labute approximate surface area is 161 Å². The summed E-state index contributed by atoms with van der Waals surface area (Å²) in [5.74, 6) is -1.26. The zero-order valence-electron chi connectivity index (χ0n) is 15.9. The summed E-state index contributed by atoms with van der Waals surface area (Å²) in [6.45, 7) is 7.86. The van der Waals surface area contributed by atoms with Crippen molar-refractivity contribution >= 4 is 17.7 Å². The topological polar surface area (TPSA) is 51.0 Å². The third-order valence-electron chi connectivity index (χ3n) is 3.98. The Balaban J connectivity index is 2.19. The Morgan fingerprint density at radius 3 is 2.26 bits per heavy atom. The first-order valence-electron chi connectivity index (χ1n) is 8.40. The molecule has 0 aliphatic rings. The number of amides is 1. The van der Waals surface area contributed by atoms with Crippen molar-refractivity contribution in [2.24, 2.45) is 7.05 Å². The van der Waals surface area contributed by atoms with Crippen LogP contribution in [0, 0.1) is 0 Å². The second-order valence-corrected chi connectivity index (χ2v) is 8.51. The number of hydrogen-bond acceptors (Lipinski definition) is 4. The van der Waals surface area contributed by atoms with Crippen LogP contribution in [0.15, 0.2) is 35.5 Å². The van der Waals surface area contributed by atoms with Crippen molar-refractivity contribution in [2.75, 3.05) is 0 Å². The Kier molecular flexibility index (Phi) is 6.24. The Bertz CT molecular complexity index is 784. The molecule has 1 aromatic carbocycles. The van der Waals surface area contributed by atoms with Gasteiger partial charge < -0.3 is 9.47 Å². The molecule has 0 bridgehead atoms. The maximum Gasteiger partial charge on any atom is 0.451 e. The first kappa shape index (κ1) is 21.3. The number of hydrogen-bond donors (Lipinski definition) is 0. The normalized spacial score (nSPS) is 13.5. The van der Waals surface area contributed by atoms with Crippen LogP contribution in [-0.2, 0) is 24.6 Å². The molecule has 1 atom stereocenters. The van der Waals surface area contributed by atoms with Crippen molar-refractivity contribution < 1.29 is 18.0 Å². The summed E-state index contributed by atoms with van der Waals surface area (Å²) in [5, 5.41) is 6.24. The van der Waals surface area contributed by atoms with E-state index in [0.29, 0.717) is 6.54 Å². The van der Waals surface area contributed by atoms with Gasteiger partial charge in [0.05, 0.1) is 5.25 Å². The Morgan fingerprint density at radius 1 is 1.19 bits per heavy atom. The molecule has 0 radical (unpaired) electrons. The number of benzene rings is 1. The second kappa shape index (κ2) is 7.92. The predicted octanol–water partition coefficient (Wildman–Crippen LogP) is 4.14. The van der Waals surface area contributed by atoms with E-state index in [1.54, 1.807) is 11.8 Å². The fourth-order valence-electron chi connectivity index (χ4n) is 2.50. The highest BCUT2D eigenvalue weighted by Gasteiger charge is 2.38. The van der Waals surface area contributed by atoms with Crippen LogP contribution in [0.1, 0.15) is 39.1 Å². The van der Waals surface area contributed by atoms with E-state index in [9.17, 15) is 18.0 Å². The summed E-state index contributed by atoms with van der Waals surface area (Å²) < 4.78 is 39.5. The van der Waals surface area contributed by atoms with Gasteiger partial charge in [0, 0.05) is 19.1 Å². The van der Waals surface area contributed by atoms with Crippen LogP contribution in [0.5, 0.6) is 0 Å². The molecule has 0 saturated heterocycles. The molecule has 0 saturated carbocycles. The predicted molar refractivity (Wildman–Crippen MR) is 98.1 cm³/mol. The molecule has 0 aliphatic heterocycles. The Hall–Kier alpha value is -2.03. The number of nitrogens with zero attached hydrogens (tertiary/aromatic N) is 4. The number of halogens is 3. The molecule has 5 nitrogen and oxygen atoms in total. The molecule has 0 N–H and O–H groups in total. The van der Waals surface area contributed by atoms with Crippen molar-refractivity contribution in [3.05, 3.63) is 41.7 Å². The SMILES string of the molecule is C[C@H](Sc1nnc(C(F)(F)F)n1C)C(=O)N(Cc1ccccc1)C(C)(C)C. The van der Waals surface area contributed by atoms with Gasteiger partial charge in [0.2, 0.25) is 11.7 Å². The van der Waals surface area contributed by atoms with Crippen LogP contribution >= 0.6 is 11.8 Å². The maximum absolute atomic E-state index is 13.0. The maximum atomic E-state index is 13.0. The molecule has 1 amide bonds. The molecule has 2 aromatic rings. The zero-order chi connectivity index (χ0) is 20.4. The second-order valence-electron chi connectivity index (χ2n) is 7.20.